The average Bonchev–Trinajstić information content (AvgIpc) is 3.11. The standard InChI is InChI=1S/C15H19Br2ClO3/c1-8-15-14(21-15)6-10(17)12-7-11(18)13(20-12)5-9(19-8)3-2-4-16/h3-4,8-15H,5-7H2,1H3/t2?,8-,9-,10-,11+,12-,13+,14+,15+/m0/s1. The van der Waals surface area contributed by atoms with Crippen LogP contribution in [0.2, 0.25) is 0 Å². The van der Waals surface area contributed by atoms with Gasteiger partial charge >= 0.3 is 0 Å². The summed E-state index contributed by atoms with van der Waals surface area (Å²) in [6.07, 6.45) is 5.14. The molecule has 21 heavy (non-hydrogen) atoms. The molecule has 0 spiro atoms. The Morgan fingerprint density at radius 1 is 1.10 bits per heavy atom. The molecular weight excluding hydrogens is 423 g/mol. The summed E-state index contributed by atoms with van der Waals surface area (Å²) >= 11 is 13.5. The summed E-state index contributed by atoms with van der Waals surface area (Å²) in [6, 6.07) is 0. The summed E-state index contributed by atoms with van der Waals surface area (Å²) in [5.41, 5.74) is 3.04. The van der Waals surface area contributed by atoms with Crippen molar-refractivity contribution in [1.82, 2.24) is 0 Å². The number of halogens is 3. The molecular formula is C15H19Br2ClO3. The molecule has 0 aromatic heterocycles. The van der Waals surface area contributed by atoms with E-state index in [1.165, 1.54) is 0 Å². The number of fused-ring (bicyclic) bond motifs is 3. The molecule has 2 bridgehead atoms. The molecule has 0 amide bonds. The van der Waals surface area contributed by atoms with Crippen molar-refractivity contribution < 1.29 is 14.2 Å². The zero-order chi connectivity index (χ0) is 15.0. The van der Waals surface area contributed by atoms with Gasteiger partial charge in [-0.1, -0.05) is 31.9 Å². The molecule has 118 valence electrons. The number of rotatable bonds is 1. The van der Waals surface area contributed by atoms with Crippen LogP contribution >= 0.6 is 43.5 Å². The molecule has 6 heteroatoms. The fraction of sp³-hybridized carbons (Fsp3) is 0.800. The number of alkyl halides is 2. The summed E-state index contributed by atoms with van der Waals surface area (Å²) in [5, 5.41) is 0.0353. The van der Waals surface area contributed by atoms with Gasteiger partial charge in [-0.05, 0) is 25.8 Å². The predicted octanol–water partition coefficient (Wildman–Crippen LogP) is 3.91. The minimum atomic E-state index is -0.0597. The van der Waals surface area contributed by atoms with Gasteiger partial charge in [-0.15, -0.1) is 17.3 Å². The maximum Gasteiger partial charge on any atom is 0.110 e. The van der Waals surface area contributed by atoms with Crippen molar-refractivity contribution in [3.8, 4) is 0 Å². The lowest BCUT2D eigenvalue weighted by molar-refractivity contribution is -0.0308. The van der Waals surface area contributed by atoms with Gasteiger partial charge in [0.25, 0.3) is 0 Å². The smallest absolute Gasteiger partial charge is 0.110 e. The lowest BCUT2D eigenvalue weighted by Gasteiger charge is -2.22. The largest absolute Gasteiger partial charge is 0.372 e. The first-order valence-corrected chi connectivity index (χ1v) is 9.61. The van der Waals surface area contributed by atoms with Crippen molar-refractivity contribution in [2.45, 2.75) is 73.0 Å². The van der Waals surface area contributed by atoms with E-state index < -0.39 is 0 Å². The lowest BCUT2D eigenvalue weighted by atomic mass is 10.0. The number of ether oxygens (including phenoxy) is 3. The van der Waals surface area contributed by atoms with Crippen LogP contribution in [0.1, 0.15) is 26.2 Å². The van der Waals surface area contributed by atoms with E-state index in [-0.39, 0.29) is 42.0 Å². The maximum atomic E-state index is 6.47. The summed E-state index contributed by atoms with van der Waals surface area (Å²) < 4.78 is 18.0. The molecule has 0 aromatic carbocycles. The van der Waals surface area contributed by atoms with Crippen LogP contribution in [0.15, 0.2) is 16.8 Å². The maximum absolute atomic E-state index is 6.47. The second kappa shape index (κ2) is 7.04. The van der Waals surface area contributed by atoms with E-state index in [2.05, 4.69) is 44.5 Å². The van der Waals surface area contributed by atoms with Crippen LogP contribution in [-0.2, 0) is 14.2 Å². The van der Waals surface area contributed by atoms with Crippen LogP contribution < -0.4 is 0 Å². The van der Waals surface area contributed by atoms with E-state index >= 15 is 0 Å². The highest BCUT2D eigenvalue weighted by Gasteiger charge is 2.48. The van der Waals surface area contributed by atoms with Gasteiger partial charge in [0, 0.05) is 16.2 Å². The Morgan fingerprint density at radius 2 is 1.90 bits per heavy atom. The van der Waals surface area contributed by atoms with Crippen molar-refractivity contribution in [2.75, 3.05) is 0 Å². The molecule has 0 radical (unpaired) electrons. The van der Waals surface area contributed by atoms with E-state index in [9.17, 15) is 0 Å². The van der Waals surface area contributed by atoms with Gasteiger partial charge in [0.1, 0.15) is 6.10 Å². The SMILES string of the molecule is C[C@@H]1O[C@@H](C=C=CBr)C[C@H]2O[C@@H](C[C@H]2Cl)[C@@H](Br)C[C@H]2O[C@H]12. The molecule has 3 fully saturated rings. The Morgan fingerprint density at radius 3 is 2.67 bits per heavy atom. The molecule has 0 aromatic rings. The van der Waals surface area contributed by atoms with Crippen LogP contribution in [-0.4, -0.2) is 46.8 Å². The van der Waals surface area contributed by atoms with Gasteiger partial charge in [0.15, 0.2) is 0 Å². The van der Waals surface area contributed by atoms with Crippen molar-refractivity contribution >= 4 is 43.5 Å². The molecule has 0 aliphatic carbocycles. The van der Waals surface area contributed by atoms with Gasteiger partial charge in [0.2, 0.25) is 0 Å². The zero-order valence-corrected chi connectivity index (χ0v) is 15.7. The fourth-order valence-corrected chi connectivity index (χ4v) is 4.40. The predicted molar refractivity (Wildman–Crippen MR) is 89.4 cm³/mol. The summed E-state index contributed by atoms with van der Waals surface area (Å²) in [4.78, 5) is 1.99. The van der Waals surface area contributed by atoms with E-state index in [4.69, 9.17) is 25.8 Å². The molecule has 0 unspecified atom stereocenters. The van der Waals surface area contributed by atoms with Crippen LogP contribution in [0.4, 0.5) is 0 Å². The monoisotopic (exact) mass is 440 g/mol. The van der Waals surface area contributed by atoms with E-state index in [0.717, 1.165) is 19.3 Å². The highest BCUT2D eigenvalue weighted by molar-refractivity contribution is 9.11. The lowest BCUT2D eigenvalue weighted by Crippen LogP contribution is -2.29. The van der Waals surface area contributed by atoms with Gasteiger partial charge in [-0.25, -0.2) is 0 Å². The van der Waals surface area contributed by atoms with Crippen LogP contribution in [0.3, 0.4) is 0 Å². The molecule has 0 saturated carbocycles. The van der Waals surface area contributed by atoms with Crippen molar-refractivity contribution in [1.29, 1.82) is 0 Å². The van der Waals surface area contributed by atoms with Gasteiger partial charge in [-0.2, -0.15) is 0 Å². The molecule has 3 saturated heterocycles. The van der Waals surface area contributed by atoms with Gasteiger partial charge in [-0.3, -0.25) is 0 Å². The number of hydrogen-bond donors (Lipinski definition) is 0. The Labute approximate surface area is 147 Å². The second-order valence-corrected chi connectivity index (χ2v) is 8.11. The average molecular weight is 443 g/mol. The summed E-state index contributed by atoms with van der Waals surface area (Å²) in [7, 11) is 0. The molecule has 8 atom stereocenters. The van der Waals surface area contributed by atoms with Crippen LogP contribution in [0.5, 0.6) is 0 Å². The third kappa shape index (κ3) is 3.95. The Hall–Kier alpha value is 0.650. The Balaban J connectivity index is 1.78. The van der Waals surface area contributed by atoms with Gasteiger partial charge in [0.05, 0.1) is 35.9 Å². The van der Waals surface area contributed by atoms with Crippen molar-refractivity contribution in [2.24, 2.45) is 0 Å². The van der Waals surface area contributed by atoms with Crippen molar-refractivity contribution in [3.63, 3.8) is 0 Å². The van der Waals surface area contributed by atoms with E-state index in [1.54, 1.807) is 4.99 Å². The van der Waals surface area contributed by atoms with Gasteiger partial charge < -0.3 is 14.2 Å². The summed E-state index contributed by atoms with van der Waals surface area (Å²) in [5.74, 6) is 0. The minimum absolute atomic E-state index is 0.0256. The third-order valence-electron chi connectivity index (χ3n) is 4.35. The highest BCUT2D eigenvalue weighted by Crippen LogP contribution is 2.40. The second-order valence-electron chi connectivity index (χ2n) is 5.91. The summed E-state index contributed by atoms with van der Waals surface area (Å²) in [6.45, 7) is 2.07. The Kier molecular flexibility index (Phi) is 5.53. The molecule has 3 aliphatic rings. The zero-order valence-electron chi connectivity index (χ0n) is 11.8. The third-order valence-corrected chi connectivity index (χ3v) is 6.04. The molecule has 3 heterocycles. The van der Waals surface area contributed by atoms with Crippen molar-refractivity contribution in [3.05, 3.63) is 16.8 Å². The molecule has 3 rings (SSSR count). The normalized spacial score (nSPS) is 49.5. The topological polar surface area (TPSA) is 31.0 Å². The highest BCUT2D eigenvalue weighted by atomic mass is 79.9. The minimum Gasteiger partial charge on any atom is -0.372 e. The fourth-order valence-electron chi connectivity index (χ4n) is 3.20. The Bertz CT molecular complexity index is 441. The van der Waals surface area contributed by atoms with E-state index in [0.29, 0.717) is 4.83 Å². The molecule has 3 nitrogen and oxygen atoms in total. The molecule has 3 aliphatic heterocycles. The number of hydrogen-bond acceptors (Lipinski definition) is 3. The van der Waals surface area contributed by atoms with Crippen LogP contribution in [0, 0.1) is 0 Å². The quantitative estimate of drug-likeness (QED) is 0.351. The first-order chi connectivity index (χ1) is 10.1. The molecule has 0 N–H and O–H groups in total. The van der Waals surface area contributed by atoms with E-state index in [1.807, 2.05) is 6.08 Å². The first-order valence-electron chi connectivity index (χ1n) is 7.34. The first kappa shape index (κ1) is 16.5. The van der Waals surface area contributed by atoms with Crippen LogP contribution in [0.25, 0.3) is 0 Å². The number of epoxide rings is 1.